The minimum Gasteiger partial charge on any atom is -0.496 e. The Morgan fingerprint density at radius 3 is 2.79 bits per heavy atom. The van der Waals surface area contributed by atoms with Crippen molar-refractivity contribution in [2.45, 2.75) is 18.9 Å². The van der Waals surface area contributed by atoms with Gasteiger partial charge >= 0.3 is 6.03 Å². The van der Waals surface area contributed by atoms with Crippen LogP contribution in [0.4, 0.5) is 4.79 Å². The summed E-state index contributed by atoms with van der Waals surface area (Å²) in [6.45, 7) is 1.30. The van der Waals surface area contributed by atoms with E-state index in [-0.39, 0.29) is 19.5 Å². The van der Waals surface area contributed by atoms with Crippen LogP contribution in [0.25, 0.3) is 0 Å². The molecule has 126 valence electrons. The molecule has 0 spiro atoms. The Bertz CT molecular complexity index is 710. The van der Waals surface area contributed by atoms with E-state index < -0.39 is 23.4 Å². The third-order valence-corrected chi connectivity index (χ3v) is 3.77. The summed E-state index contributed by atoms with van der Waals surface area (Å²) in [5, 5.41) is 5.08. The van der Waals surface area contributed by atoms with Crippen molar-refractivity contribution < 1.29 is 19.1 Å². The van der Waals surface area contributed by atoms with Crippen LogP contribution in [0.15, 0.2) is 24.3 Å². The van der Waals surface area contributed by atoms with Gasteiger partial charge in [-0.1, -0.05) is 24.1 Å². The highest BCUT2D eigenvalue weighted by Crippen LogP contribution is 2.27. The van der Waals surface area contributed by atoms with Gasteiger partial charge in [0.25, 0.3) is 5.91 Å². The van der Waals surface area contributed by atoms with Crippen molar-refractivity contribution in [2.24, 2.45) is 0 Å². The highest BCUT2D eigenvalue weighted by molar-refractivity contribution is 6.09. The summed E-state index contributed by atoms with van der Waals surface area (Å²) in [5.74, 6) is 1.94. The first-order chi connectivity index (χ1) is 11.4. The van der Waals surface area contributed by atoms with Crippen LogP contribution < -0.4 is 15.4 Å². The molecule has 0 aromatic heterocycles. The fraction of sp³-hybridized carbons (Fsp3) is 0.353. The van der Waals surface area contributed by atoms with E-state index >= 15 is 0 Å². The molecule has 2 N–H and O–H groups in total. The fourth-order valence-corrected chi connectivity index (χ4v) is 2.59. The summed E-state index contributed by atoms with van der Waals surface area (Å²) in [6.07, 6.45) is 5.31. The van der Waals surface area contributed by atoms with Gasteiger partial charge in [-0.25, -0.2) is 4.79 Å². The van der Waals surface area contributed by atoms with Crippen molar-refractivity contribution >= 4 is 17.8 Å². The average molecular weight is 329 g/mol. The van der Waals surface area contributed by atoms with E-state index in [2.05, 4.69) is 16.6 Å². The molecule has 0 saturated carbocycles. The number of benzene rings is 1. The quantitative estimate of drug-likeness (QED) is 0.580. The van der Waals surface area contributed by atoms with Crippen molar-refractivity contribution in [1.82, 2.24) is 15.5 Å². The molecule has 1 aliphatic rings. The zero-order valence-electron chi connectivity index (χ0n) is 13.6. The molecule has 0 aliphatic carbocycles. The van der Waals surface area contributed by atoms with Crippen LogP contribution in [0.3, 0.4) is 0 Å². The Kier molecular flexibility index (Phi) is 5.09. The Morgan fingerprint density at radius 2 is 2.12 bits per heavy atom. The van der Waals surface area contributed by atoms with Crippen LogP contribution in [-0.4, -0.2) is 48.5 Å². The number of nitrogens with one attached hydrogen (secondary N) is 2. The summed E-state index contributed by atoms with van der Waals surface area (Å²) in [5.41, 5.74) is -0.354. The van der Waals surface area contributed by atoms with E-state index in [9.17, 15) is 14.4 Å². The maximum Gasteiger partial charge on any atom is 0.325 e. The highest BCUT2D eigenvalue weighted by atomic mass is 16.5. The third-order valence-electron chi connectivity index (χ3n) is 3.77. The molecule has 0 radical (unpaired) electrons. The standard InChI is InChI=1S/C17H19N3O4/c1-4-9-18-14(21)11-20-15(22)17(2,19-16(20)23)10-12-7-5-6-8-13(12)24-3/h1,5-8H,9-11H2,2-3H3,(H,18,21)(H,19,23)/t17-/m1/s1. The first-order valence-corrected chi connectivity index (χ1v) is 7.37. The molecule has 2 rings (SSSR count). The van der Waals surface area contributed by atoms with Crippen LogP contribution in [0.5, 0.6) is 5.75 Å². The van der Waals surface area contributed by atoms with Crippen molar-refractivity contribution in [1.29, 1.82) is 0 Å². The number of terminal acetylenes is 1. The summed E-state index contributed by atoms with van der Waals surface area (Å²) < 4.78 is 5.28. The highest BCUT2D eigenvalue weighted by Gasteiger charge is 2.48. The molecule has 1 atom stereocenters. The molecule has 0 bridgehead atoms. The predicted molar refractivity (Wildman–Crippen MR) is 87.2 cm³/mol. The summed E-state index contributed by atoms with van der Waals surface area (Å²) in [7, 11) is 1.54. The maximum atomic E-state index is 12.6. The molecular weight excluding hydrogens is 310 g/mol. The second-order valence-electron chi connectivity index (χ2n) is 5.62. The van der Waals surface area contributed by atoms with E-state index in [1.807, 2.05) is 18.2 Å². The molecule has 1 heterocycles. The largest absolute Gasteiger partial charge is 0.496 e. The average Bonchev–Trinajstić information content (AvgIpc) is 2.76. The second kappa shape index (κ2) is 7.04. The van der Waals surface area contributed by atoms with Gasteiger partial charge in [0, 0.05) is 6.42 Å². The Hall–Kier alpha value is -3.01. The number of para-hydroxylation sites is 1. The van der Waals surface area contributed by atoms with Crippen molar-refractivity contribution in [3.63, 3.8) is 0 Å². The Balaban J connectivity index is 2.14. The number of imide groups is 1. The number of carbonyl (C=O) groups excluding carboxylic acids is 3. The lowest BCUT2D eigenvalue weighted by Gasteiger charge is -2.22. The van der Waals surface area contributed by atoms with Gasteiger partial charge in [0.15, 0.2) is 0 Å². The monoisotopic (exact) mass is 329 g/mol. The fourth-order valence-electron chi connectivity index (χ4n) is 2.59. The molecule has 24 heavy (non-hydrogen) atoms. The van der Waals surface area contributed by atoms with Crippen LogP contribution >= 0.6 is 0 Å². The molecular formula is C17H19N3O4. The lowest BCUT2D eigenvalue weighted by Crippen LogP contribution is -2.47. The number of urea groups is 1. The van der Waals surface area contributed by atoms with Crippen molar-refractivity contribution in [3.8, 4) is 18.1 Å². The number of carbonyl (C=O) groups is 3. The number of nitrogens with zero attached hydrogens (tertiary/aromatic N) is 1. The molecule has 1 aromatic carbocycles. The molecule has 4 amide bonds. The lowest BCUT2D eigenvalue weighted by atomic mass is 9.92. The second-order valence-corrected chi connectivity index (χ2v) is 5.62. The van der Waals surface area contributed by atoms with Gasteiger partial charge < -0.3 is 15.4 Å². The lowest BCUT2D eigenvalue weighted by molar-refractivity contribution is -0.134. The van der Waals surface area contributed by atoms with Gasteiger partial charge in [-0.05, 0) is 18.6 Å². The van der Waals surface area contributed by atoms with Crippen molar-refractivity contribution in [2.75, 3.05) is 20.2 Å². The van der Waals surface area contributed by atoms with Crippen LogP contribution in [0.1, 0.15) is 12.5 Å². The summed E-state index contributed by atoms with van der Waals surface area (Å²) in [6, 6.07) is 6.65. The maximum absolute atomic E-state index is 12.6. The third kappa shape index (κ3) is 3.49. The number of methoxy groups -OCH3 is 1. The molecule has 1 saturated heterocycles. The number of hydrogen-bond donors (Lipinski definition) is 2. The normalized spacial score (nSPS) is 19.6. The van der Waals surface area contributed by atoms with Gasteiger partial charge in [0.2, 0.25) is 5.91 Å². The van der Waals surface area contributed by atoms with E-state index in [1.165, 1.54) is 0 Å². The van der Waals surface area contributed by atoms with Crippen LogP contribution in [0.2, 0.25) is 0 Å². The minimum absolute atomic E-state index is 0.0426. The number of ether oxygens (including phenoxy) is 1. The van der Waals surface area contributed by atoms with Gasteiger partial charge in [0.05, 0.1) is 13.7 Å². The van der Waals surface area contributed by atoms with Crippen LogP contribution in [0, 0.1) is 12.3 Å². The smallest absolute Gasteiger partial charge is 0.325 e. The summed E-state index contributed by atoms with van der Waals surface area (Å²) in [4.78, 5) is 37.3. The van der Waals surface area contributed by atoms with Crippen LogP contribution in [-0.2, 0) is 16.0 Å². The Morgan fingerprint density at radius 1 is 1.42 bits per heavy atom. The molecule has 7 nitrogen and oxygen atoms in total. The van der Waals surface area contributed by atoms with E-state index in [0.717, 1.165) is 10.5 Å². The first-order valence-electron chi connectivity index (χ1n) is 7.37. The topological polar surface area (TPSA) is 87.7 Å². The summed E-state index contributed by atoms with van der Waals surface area (Å²) >= 11 is 0. The van der Waals surface area contributed by atoms with E-state index in [1.54, 1.807) is 20.1 Å². The zero-order chi connectivity index (χ0) is 17.7. The van der Waals surface area contributed by atoms with E-state index in [0.29, 0.717) is 5.75 Å². The van der Waals surface area contributed by atoms with E-state index in [4.69, 9.17) is 11.2 Å². The predicted octanol–water partition coefficient (Wildman–Crippen LogP) is 0.298. The SMILES string of the molecule is C#CCNC(=O)CN1C(=O)N[C@](C)(Cc2ccccc2OC)C1=O. The molecule has 1 aliphatic heterocycles. The molecule has 0 unspecified atom stereocenters. The molecule has 1 aromatic rings. The van der Waals surface area contributed by atoms with Gasteiger partial charge in [-0.3, -0.25) is 14.5 Å². The number of rotatable bonds is 6. The number of hydrogen-bond acceptors (Lipinski definition) is 4. The number of amides is 4. The minimum atomic E-state index is -1.14. The molecule has 1 fully saturated rings. The van der Waals surface area contributed by atoms with Crippen molar-refractivity contribution in [3.05, 3.63) is 29.8 Å². The molecule has 7 heteroatoms. The first kappa shape index (κ1) is 17.3. The Labute approximate surface area is 140 Å². The van der Waals surface area contributed by atoms with Gasteiger partial charge in [-0.15, -0.1) is 6.42 Å². The van der Waals surface area contributed by atoms with Gasteiger partial charge in [-0.2, -0.15) is 0 Å². The zero-order valence-corrected chi connectivity index (χ0v) is 13.6. The van der Waals surface area contributed by atoms with Gasteiger partial charge in [0.1, 0.15) is 17.8 Å².